The number of halogens is 4. The molecule has 4 nitrogen and oxygen atoms in total. The lowest BCUT2D eigenvalue weighted by Crippen LogP contribution is -2.37. The maximum absolute atomic E-state index is 12.6. The zero-order chi connectivity index (χ0) is 16.4. The SMILES string of the molecule is FC(F)(F)c1ccc(-c2cc(Cl)nc(N3CCOCC3)n2)cc1. The van der Waals surface area contributed by atoms with Crippen LogP contribution >= 0.6 is 11.6 Å². The predicted octanol–water partition coefficient (Wildman–Crippen LogP) is 3.65. The number of hydrogen-bond donors (Lipinski definition) is 0. The highest BCUT2D eigenvalue weighted by molar-refractivity contribution is 6.29. The van der Waals surface area contributed by atoms with Crippen LogP contribution in [-0.4, -0.2) is 36.3 Å². The van der Waals surface area contributed by atoms with Gasteiger partial charge in [-0.15, -0.1) is 0 Å². The van der Waals surface area contributed by atoms with E-state index in [0.29, 0.717) is 43.5 Å². The molecule has 1 aromatic heterocycles. The van der Waals surface area contributed by atoms with Crippen LogP contribution in [0.3, 0.4) is 0 Å². The summed E-state index contributed by atoms with van der Waals surface area (Å²) in [7, 11) is 0. The van der Waals surface area contributed by atoms with E-state index in [1.165, 1.54) is 18.2 Å². The first kappa shape index (κ1) is 16.0. The highest BCUT2D eigenvalue weighted by Gasteiger charge is 2.30. The van der Waals surface area contributed by atoms with Crippen molar-refractivity contribution < 1.29 is 17.9 Å². The van der Waals surface area contributed by atoms with Gasteiger partial charge >= 0.3 is 6.18 Å². The molecule has 1 saturated heterocycles. The number of hydrogen-bond acceptors (Lipinski definition) is 4. The van der Waals surface area contributed by atoms with E-state index in [-0.39, 0.29) is 5.15 Å². The van der Waals surface area contributed by atoms with Gasteiger partial charge in [0.05, 0.1) is 24.5 Å². The van der Waals surface area contributed by atoms with Crippen molar-refractivity contribution in [3.63, 3.8) is 0 Å². The molecule has 1 aromatic carbocycles. The van der Waals surface area contributed by atoms with Crippen LogP contribution in [0.15, 0.2) is 30.3 Å². The molecule has 23 heavy (non-hydrogen) atoms. The van der Waals surface area contributed by atoms with Crippen molar-refractivity contribution in [1.29, 1.82) is 0 Å². The summed E-state index contributed by atoms with van der Waals surface area (Å²) in [6.45, 7) is 2.44. The molecule has 0 aliphatic carbocycles. The van der Waals surface area contributed by atoms with Crippen LogP contribution in [-0.2, 0) is 10.9 Å². The van der Waals surface area contributed by atoms with Gasteiger partial charge in [0.2, 0.25) is 5.95 Å². The first-order valence-electron chi connectivity index (χ1n) is 6.98. The number of alkyl halides is 3. The minimum Gasteiger partial charge on any atom is -0.378 e. The van der Waals surface area contributed by atoms with Crippen molar-refractivity contribution >= 4 is 17.5 Å². The molecule has 3 rings (SSSR count). The molecule has 0 bridgehead atoms. The predicted molar refractivity (Wildman–Crippen MR) is 80.5 cm³/mol. The Morgan fingerprint density at radius 2 is 1.70 bits per heavy atom. The summed E-state index contributed by atoms with van der Waals surface area (Å²) in [5.74, 6) is 0.454. The topological polar surface area (TPSA) is 38.2 Å². The smallest absolute Gasteiger partial charge is 0.378 e. The lowest BCUT2D eigenvalue weighted by Gasteiger charge is -2.27. The molecule has 0 atom stereocenters. The van der Waals surface area contributed by atoms with Crippen molar-refractivity contribution in [2.24, 2.45) is 0 Å². The van der Waals surface area contributed by atoms with Gasteiger partial charge in [-0.3, -0.25) is 0 Å². The van der Waals surface area contributed by atoms with Crippen molar-refractivity contribution in [2.45, 2.75) is 6.18 Å². The number of rotatable bonds is 2. The van der Waals surface area contributed by atoms with Crippen molar-refractivity contribution in [1.82, 2.24) is 9.97 Å². The lowest BCUT2D eigenvalue weighted by atomic mass is 10.1. The van der Waals surface area contributed by atoms with E-state index in [0.717, 1.165) is 12.1 Å². The third-order valence-electron chi connectivity index (χ3n) is 3.49. The number of ether oxygens (including phenoxy) is 1. The number of morpholine rings is 1. The summed E-state index contributed by atoms with van der Waals surface area (Å²) in [5, 5.41) is 0.247. The highest BCUT2D eigenvalue weighted by Crippen LogP contribution is 2.31. The first-order valence-corrected chi connectivity index (χ1v) is 7.36. The summed E-state index contributed by atoms with van der Waals surface area (Å²) in [6.07, 6.45) is -4.36. The van der Waals surface area contributed by atoms with Crippen LogP contribution in [0.1, 0.15) is 5.56 Å². The van der Waals surface area contributed by atoms with Crippen molar-refractivity contribution in [3.05, 3.63) is 41.0 Å². The Bertz CT molecular complexity index is 685. The van der Waals surface area contributed by atoms with E-state index in [2.05, 4.69) is 9.97 Å². The Kier molecular flexibility index (Phi) is 4.41. The summed E-state index contributed by atoms with van der Waals surface area (Å²) in [4.78, 5) is 10.5. The van der Waals surface area contributed by atoms with E-state index in [4.69, 9.17) is 16.3 Å². The Balaban J connectivity index is 1.91. The zero-order valence-corrected chi connectivity index (χ0v) is 12.7. The minimum atomic E-state index is -4.36. The summed E-state index contributed by atoms with van der Waals surface area (Å²) in [5.41, 5.74) is 0.340. The van der Waals surface area contributed by atoms with Gasteiger partial charge in [-0.25, -0.2) is 9.97 Å². The fraction of sp³-hybridized carbons (Fsp3) is 0.333. The van der Waals surface area contributed by atoms with Crippen molar-refractivity contribution in [2.75, 3.05) is 31.2 Å². The molecule has 8 heteroatoms. The molecular weight excluding hydrogens is 331 g/mol. The Hall–Kier alpha value is -1.86. The van der Waals surface area contributed by atoms with E-state index in [9.17, 15) is 13.2 Å². The summed E-state index contributed by atoms with van der Waals surface area (Å²) in [6, 6.07) is 6.35. The minimum absolute atomic E-state index is 0.247. The van der Waals surface area contributed by atoms with Gasteiger partial charge < -0.3 is 9.64 Å². The molecule has 1 aliphatic heterocycles. The number of nitrogens with zero attached hydrogens (tertiary/aromatic N) is 3. The van der Waals surface area contributed by atoms with E-state index >= 15 is 0 Å². The quantitative estimate of drug-likeness (QED) is 0.780. The van der Waals surface area contributed by atoms with Gasteiger partial charge in [0, 0.05) is 24.7 Å². The molecule has 1 aliphatic rings. The Morgan fingerprint density at radius 3 is 2.30 bits per heavy atom. The maximum Gasteiger partial charge on any atom is 0.416 e. The van der Waals surface area contributed by atoms with Gasteiger partial charge in [-0.2, -0.15) is 13.2 Å². The van der Waals surface area contributed by atoms with Crippen LogP contribution in [0.2, 0.25) is 5.15 Å². The molecule has 122 valence electrons. The second kappa shape index (κ2) is 6.33. The highest BCUT2D eigenvalue weighted by atomic mass is 35.5. The molecule has 2 aromatic rings. The summed E-state index contributed by atoms with van der Waals surface area (Å²) < 4.78 is 43.2. The second-order valence-corrected chi connectivity index (χ2v) is 5.44. The molecule has 0 N–H and O–H groups in total. The molecule has 1 fully saturated rings. The van der Waals surface area contributed by atoms with Crippen LogP contribution in [0.5, 0.6) is 0 Å². The van der Waals surface area contributed by atoms with Gasteiger partial charge in [0.1, 0.15) is 5.15 Å². The molecule has 0 radical (unpaired) electrons. The third kappa shape index (κ3) is 3.73. The van der Waals surface area contributed by atoms with Gasteiger partial charge in [-0.05, 0) is 12.1 Å². The number of anilines is 1. The molecule has 2 heterocycles. The Labute approximate surface area is 135 Å². The largest absolute Gasteiger partial charge is 0.416 e. The van der Waals surface area contributed by atoms with Crippen LogP contribution in [0, 0.1) is 0 Å². The molecule has 0 spiro atoms. The molecular formula is C15H13ClF3N3O. The van der Waals surface area contributed by atoms with Gasteiger partial charge in [0.25, 0.3) is 0 Å². The first-order chi connectivity index (χ1) is 10.9. The fourth-order valence-electron chi connectivity index (χ4n) is 2.29. The second-order valence-electron chi connectivity index (χ2n) is 5.05. The molecule has 0 amide bonds. The fourth-order valence-corrected chi connectivity index (χ4v) is 2.47. The normalized spacial score (nSPS) is 15.7. The molecule has 0 unspecified atom stereocenters. The average Bonchev–Trinajstić information content (AvgIpc) is 2.54. The maximum atomic E-state index is 12.6. The molecule has 0 saturated carbocycles. The van der Waals surface area contributed by atoms with Crippen LogP contribution < -0.4 is 4.90 Å². The van der Waals surface area contributed by atoms with E-state index in [1.807, 2.05) is 4.90 Å². The standard InChI is InChI=1S/C15H13ClF3N3O/c16-13-9-12(10-1-3-11(4-2-10)15(17,18)19)20-14(21-13)22-5-7-23-8-6-22/h1-4,9H,5-8H2. The van der Waals surface area contributed by atoms with E-state index < -0.39 is 11.7 Å². The zero-order valence-electron chi connectivity index (χ0n) is 12.0. The lowest BCUT2D eigenvalue weighted by molar-refractivity contribution is -0.137. The van der Waals surface area contributed by atoms with Crippen LogP contribution in [0.25, 0.3) is 11.3 Å². The number of benzene rings is 1. The number of aromatic nitrogens is 2. The van der Waals surface area contributed by atoms with Crippen LogP contribution in [0.4, 0.5) is 19.1 Å². The van der Waals surface area contributed by atoms with Crippen molar-refractivity contribution in [3.8, 4) is 11.3 Å². The Morgan fingerprint density at radius 1 is 1.04 bits per heavy atom. The van der Waals surface area contributed by atoms with Gasteiger partial charge in [-0.1, -0.05) is 23.7 Å². The average molecular weight is 344 g/mol. The monoisotopic (exact) mass is 343 g/mol. The van der Waals surface area contributed by atoms with Gasteiger partial charge in [0.15, 0.2) is 0 Å². The van der Waals surface area contributed by atoms with E-state index in [1.54, 1.807) is 0 Å². The summed E-state index contributed by atoms with van der Waals surface area (Å²) >= 11 is 6.03. The third-order valence-corrected chi connectivity index (χ3v) is 3.68.